The zero-order valence-electron chi connectivity index (χ0n) is 16.3. The van der Waals surface area contributed by atoms with Crippen molar-refractivity contribution in [1.29, 1.82) is 0 Å². The predicted molar refractivity (Wildman–Crippen MR) is 116 cm³/mol. The molecule has 3 aromatic rings. The van der Waals surface area contributed by atoms with Crippen molar-refractivity contribution in [1.82, 2.24) is 15.1 Å². The molecule has 29 heavy (non-hydrogen) atoms. The highest BCUT2D eigenvalue weighted by molar-refractivity contribution is 6.30. The Balaban J connectivity index is 1.34. The van der Waals surface area contributed by atoms with Crippen LogP contribution in [0, 0.1) is 12.8 Å². The van der Waals surface area contributed by atoms with Gasteiger partial charge in [-0.2, -0.15) is 5.10 Å². The second-order valence-electron chi connectivity index (χ2n) is 7.53. The zero-order valence-corrected chi connectivity index (χ0v) is 17.0. The molecule has 1 aliphatic heterocycles. The zero-order chi connectivity index (χ0) is 20.4. The molecule has 4 rings (SSSR count). The number of fused-ring (bicyclic) bond motifs is 1. The Hall–Kier alpha value is -2.86. The van der Waals surface area contributed by atoms with E-state index in [0.29, 0.717) is 17.8 Å². The Morgan fingerprint density at radius 1 is 1.28 bits per heavy atom. The van der Waals surface area contributed by atoms with E-state index >= 15 is 0 Å². The monoisotopic (exact) mass is 410 g/mol. The van der Waals surface area contributed by atoms with E-state index in [1.54, 1.807) is 12.3 Å². The first-order chi connectivity index (χ1) is 14.0. The number of aryl methyl sites for hydroxylation is 1. The van der Waals surface area contributed by atoms with Crippen LogP contribution in [0.5, 0.6) is 0 Å². The molecule has 1 atom stereocenters. The van der Waals surface area contributed by atoms with Crippen LogP contribution in [-0.4, -0.2) is 35.3 Å². The van der Waals surface area contributed by atoms with E-state index in [0.717, 1.165) is 35.6 Å². The molecule has 0 spiro atoms. The SMILES string of the molecule is Cc1ccc(Cl)cc1N1CCC(CNC(=O)Cn2ncc3ccccc3c2=O)C1. The number of hydrogen-bond donors (Lipinski definition) is 1. The van der Waals surface area contributed by atoms with E-state index in [1.165, 1.54) is 10.2 Å². The lowest BCUT2D eigenvalue weighted by atomic mass is 10.1. The molecule has 7 heteroatoms. The lowest BCUT2D eigenvalue weighted by molar-refractivity contribution is -0.122. The first kappa shape index (κ1) is 19.5. The lowest BCUT2D eigenvalue weighted by Gasteiger charge is -2.21. The van der Waals surface area contributed by atoms with E-state index in [9.17, 15) is 9.59 Å². The van der Waals surface area contributed by atoms with Gasteiger partial charge >= 0.3 is 0 Å². The predicted octanol–water partition coefficient (Wildman–Crippen LogP) is 3.00. The largest absolute Gasteiger partial charge is 0.371 e. The molecule has 0 saturated carbocycles. The molecule has 1 fully saturated rings. The van der Waals surface area contributed by atoms with E-state index < -0.39 is 0 Å². The van der Waals surface area contributed by atoms with Gasteiger partial charge in [0.25, 0.3) is 5.56 Å². The first-order valence-corrected chi connectivity index (χ1v) is 10.1. The number of hydrogen-bond acceptors (Lipinski definition) is 4. The summed E-state index contributed by atoms with van der Waals surface area (Å²) in [7, 11) is 0. The van der Waals surface area contributed by atoms with Crippen LogP contribution < -0.4 is 15.8 Å². The fourth-order valence-electron chi connectivity index (χ4n) is 3.83. The van der Waals surface area contributed by atoms with Crippen molar-refractivity contribution in [2.75, 3.05) is 24.5 Å². The van der Waals surface area contributed by atoms with Crippen molar-refractivity contribution in [3.8, 4) is 0 Å². The summed E-state index contributed by atoms with van der Waals surface area (Å²) in [5, 5.41) is 9.15. The first-order valence-electron chi connectivity index (χ1n) is 9.74. The molecule has 1 aliphatic rings. The summed E-state index contributed by atoms with van der Waals surface area (Å²) in [5.74, 6) is 0.158. The number of amides is 1. The molecule has 1 aromatic heterocycles. The Morgan fingerprint density at radius 2 is 2.10 bits per heavy atom. The van der Waals surface area contributed by atoms with Crippen LogP contribution in [0.25, 0.3) is 10.8 Å². The third kappa shape index (κ3) is 4.27. The van der Waals surface area contributed by atoms with Gasteiger partial charge in [0.2, 0.25) is 5.91 Å². The van der Waals surface area contributed by atoms with Crippen molar-refractivity contribution in [2.24, 2.45) is 5.92 Å². The van der Waals surface area contributed by atoms with Crippen LogP contribution >= 0.6 is 11.6 Å². The number of nitrogens with one attached hydrogen (secondary N) is 1. The summed E-state index contributed by atoms with van der Waals surface area (Å²) in [6.07, 6.45) is 2.62. The van der Waals surface area contributed by atoms with Gasteiger partial charge in [0.1, 0.15) is 6.54 Å². The molecule has 1 unspecified atom stereocenters. The number of carbonyl (C=O) groups excluding carboxylic acids is 1. The van der Waals surface area contributed by atoms with Gasteiger partial charge < -0.3 is 10.2 Å². The third-order valence-electron chi connectivity index (χ3n) is 5.44. The van der Waals surface area contributed by atoms with E-state index in [2.05, 4.69) is 22.2 Å². The number of rotatable bonds is 5. The maximum Gasteiger partial charge on any atom is 0.275 e. The average Bonchev–Trinajstić information content (AvgIpc) is 3.19. The van der Waals surface area contributed by atoms with Gasteiger partial charge in [-0.1, -0.05) is 35.9 Å². The van der Waals surface area contributed by atoms with Crippen LogP contribution in [0.15, 0.2) is 53.5 Å². The minimum atomic E-state index is -0.248. The van der Waals surface area contributed by atoms with Crippen molar-refractivity contribution >= 4 is 34.0 Å². The van der Waals surface area contributed by atoms with Crippen molar-refractivity contribution < 1.29 is 4.79 Å². The Kier molecular flexibility index (Phi) is 5.53. The number of anilines is 1. The molecule has 6 nitrogen and oxygen atoms in total. The van der Waals surface area contributed by atoms with E-state index in [-0.39, 0.29) is 18.0 Å². The second-order valence-corrected chi connectivity index (χ2v) is 7.97. The molecule has 1 saturated heterocycles. The van der Waals surface area contributed by atoms with Crippen LogP contribution in [-0.2, 0) is 11.3 Å². The highest BCUT2D eigenvalue weighted by Gasteiger charge is 2.24. The summed E-state index contributed by atoms with van der Waals surface area (Å²) >= 11 is 6.14. The molecule has 1 amide bonds. The molecule has 2 heterocycles. The van der Waals surface area contributed by atoms with Crippen LogP contribution in [0.2, 0.25) is 5.02 Å². The summed E-state index contributed by atoms with van der Waals surface area (Å²) in [6.45, 7) is 4.39. The molecular formula is C22H23ClN4O2. The second kappa shape index (κ2) is 8.25. The highest BCUT2D eigenvalue weighted by atomic mass is 35.5. The Morgan fingerprint density at radius 3 is 2.97 bits per heavy atom. The Bertz CT molecular complexity index is 1110. The number of nitrogens with zero attached hydrogens (tertiary/aromatic N) is 3. The van der Waals surface area contributed by atoms with Crippen LogP contribution in [0.4, 0.5) is 5.69 Å². The Labute approximate surface area is 174 Å². The van der Waals surface area contributed by atoms with Gasteiger partial charge in [-0.15, -0.1) is 0 Å². The summed E-state index contributed by atoms with van der Waals surface area (Å²) in [5.41, 5.74) is 2.10. The van der Waals surface area contributed by atoms with Gasteiger partial charge in [-0.3, -0.25) is 9.59 Å². The lowest BCUT2D eigenvalue weighted by Crippen LogP contribution is -2.36. The van der Waals surface area contributed by atoms with Gasteiger partial charge in [-0.25, -0.2) is 4.68 Å². The molecule has 0 radical (unpaired) electrons. The molecule has 0 bridgehead atoms. The fourth-order valence-corrected chi connectivity index (χ4v) is 4.00. The standard InChI is InChI=1S/C22H23ClN4O2/c1-15-6-7-18(23)10-20(15)26-9-8-16(13-26)11-24-21(28)14-27-22(29)19-5-3-2-4-17(19)12-25-27/h2-7,10,12,16H,8-9,11,13-14H2,1H3,(H,24,28). The van der Waals surface area contributed by atoms with Crippen LogP contribution in [0.1, 0.15) is 12.0 Å². The summed E-state index contributed by atoms with van der Waals surface area (Å²) in [6, 6.07) is 13.2. The van der Waals surface area contributed by atoms with Crippen molar-refractivity contribution in [2.45, 2.75) is 19.9 Å². The third-order valence-corrected chi connectivity index (χ3v) is 5.68. The number of aromatic nitrogens is 2. The molecule has 0 aliphatic carbocycles. The summed E-state index contributed by atoms with van der Waals surface area (Å²) < 4.78 is 1.22. The number of carbonyl (C=O) groups is 1. The summed E-state index contributed by atoms with van der Waals surface area (Å²) in [4.78, 5) is 27.2. The fraction of sp³-hybridized carbons (Fsp3) is 0.318. The van der Waals surface area contributed by atoms with Gasteiger partial charge in [-0.05, 0) is 43.0 Å². The molecule has 150 valence electrons. The van der Waals surface area contributed by atoms with Crippen molar-refractivity contribution in [3.05, 3.63) is 69.6 Å². The minimum absolute atomic E-state index is 0.0759. The van der Waals surface area contributed by atoms with E-state index in [1.807, 2.05) is 36.4 Å². The van der Waals surface area contributed by atoms with Crippen molar-refractivity contribution in [3.63, 3.8) is 0 Å². The molecular weight excluding hydrogens is 388 g/mol. The minimum Gasteiger partial charge on any atom is -0.371 e. The van der Waals surface area contributed by atoms with Gasteiger partial charge in [0.05, 0.1) is 11.6 Å². The highest BCUT2D eigenvalue weighted by Crippen LogP contribution is 2.29. The van der Waals surface area contributed by atoms with E-state index in [4.69, 9.17) is 11.6 Å². The number of benzene rings is 2. The topological polar surface area (TPSA) is 67.2 Å². The molecule has 1 N–H and O–H groups in total. The van der Waals surface area contributed by atoms with Gasteiger partial charge in [0, 0.05) is 35.7 Å². The maximum absolute atomic E-state index is 12.5. The quantitative estimate of drug-likeness (QED) is 0.702. The molecule has 2 aromatic carbocycles. The number of halogens is 1. The normalized spacial score (nSPS) is 16.3. The van der Waals surface area contributed by atoms with Crippen LogP contribution in [0.3, 0.4) is 0 Å². The average molecular weight is 411 g/mol. The van der Waals surface area contributed by atoms with Gasteiger partial charge in [0.15, 0.2) is 0 Å². The smallest absolute Gasteiger partial charge is 0.275 e. The maximum atomic E-state index is 12.5.